The topological polar surface area (TPSA) is 90.1 Å². The first kappa shape index (κ1) is 11.3. The molecular formula is C9H11BrN4O2. The van der Waals surface area contributed by atoms with Crippen molar-refractivity contribution in [2.75, 3.05) is 6.61 Å². The average Bonchev–Trinajstić information content (AvgIpc) is 2.85. The molecule has 0 unspecified atom stereocenters. The van der Waals surface area contributed by atoms with Gasteiger partial charge >= 0.3 is 0 Å². The Morgan fingerprint density at radius 1 is 1.50 bits per heavy atom. The van der Waals surface area contributed by atoms with E-state index in [1.165, 1.54) is 0 Å². The van der Waals surface area contributed by atoms with Crippen molar-refractivity contribution < 1.29 is 9.52 Å². The Morgan fingerprint density at radius 2 is 2.31 bits per heavy atom. The molecule has 0 radical (unpaired) electrons. The summed E-state index contributed by atoms with van der Waals surface area (Å²) < 4.78 is 7.64. The zero-order valence-electron chi connectivity index (χ0n) is 8.43. The Labute approximate surface area is 100 Å². The van der Waals surface area contributed by atoms with Gasteiger partial charge in [0.1, 0.15) is 11.4 Å². The predicted molar refractivity (Wildman–Crippen MR) is 60.4 cm³/mol. The highest BCUT2D eigenvalue weighted by Gasteiger charge is 2.16. The van der Waals surface area contributed by atoms with Gasteiger partial charge in [-0.25, -0.2) is 4.68 Å². The molecule has 0 fully saturated rings. The van der Waals surface area contributed by atoms with Crippen LogP contribution in [0.3, 0.4) is 0 Å². The van der Waals surface area contributed by atoms with Crippen LogP contribution in [0.4, 0.5) is 0 Å². The minimum absolute atomic E-state index is 0.0117. The lowest BCUT2D eigenvalue weighted by molar-refractivity contribution is 0.268. The molecule has 0 spiro atoms. The number of furan rings is 1. The van der Waals surface area contributed by atoms with E-state index in [2.05, 4.69) is 26.2 Å². The van der Waals surface area contributed by atoms with Crippen LogP contribution in [0, 0.1) is 0 Å². The quantitative estimate of drug-likeness (QED) is 0.866. The minimum atomic E-state index is -0.0117. The maximum absolute atomic E-state index is 8.92. The molecule has 86 valence electrons. The van der Waals surface area contributed by atoms with Gasteiger partial charge in [-0.2, -0.15) is 0 Å². The molecule has 2 heterocycles. The van der Waals surface area contributed by atoms with Crippen molar-refractivity contribution in [1.29, 1.82) is 0 Å². The van der Waals surface area contributed by atoms with E-state index >= 15 is 0 Å². The van der Waals surface area contributed by atoms with Crippen LogP contribution in [-0.4, -0.2) is 26.7 Å². The van der Waals surface area contributed by atoms with Crippen LogP contribution in [-0.2, 0) is 13.1 Å². The molecule has 0 aromatic carbocycles. The van der Waals surface area contributed by atoms with Gasteiger partial charge in [0.15, 0.2) is 10.4 Å². The molecule has 0 atom stereocenters. The summed E-state index contributed by atoms with van der Waals surface area (Å²) in [5.74, 6) is 0.630. The lowest BCUT2D eigenvalue weighted by Gasteiger charge is -2.02. The van der Waals surface area contributed by atoms with E-state index < -0.39 is 0 Å². The zero-order chi connectivity index (χ0) is 11.5. The predicted octanol–water partition coefficient (Wildman–Crippen LogP) is 0.752. The summed E-state index contributed by atoms with van der Waals surface area (Å²) in [5.41, 5.74) is 6.93. The number of hydrogen-bond donors (Lipinski definition) is 2. The highest BCUT2D eigenvalue weighted by atomic mass is 79.9. The molecule has 0 saturated carbocycles. The molecule has 0 amide bonds. The van der Waals surface area contributed by atoms with Gasteiger partial charge in [0.2, 0.25) is 0 Å². The van der Waals surface area contributed by atoms with E-state index in [0.29, 0.717) is 28.4 Å². The van der Waals surface area contributed by atoms with Gasteiger partial charge in [0, 0.05) is 6.54 Å². The summed E-state index contributed by atoms with van der Waals surface area (Å²) in [4.78, 5) is 0. The van der Waals surface area contributed by atoms with Crippen molar-refractivity contribution in [1.82, 2.24) is 15.0 Å². The third-order valence-electron chi connectivity index (χ3n) is 2.12. The second-order valence-corrected chi connectivity index (χ2v) is 3.92. The third-order valence-corrected chi connectivity index (χ3v) is 2.54. The number of aliphatic hydroxyl groups excluding tert-OH is 1. The molecule has 0 bridgehead atoms. The van der Waals surface area contributed by atoms with E-state index in [-0.39, 0.29) is 13.2 Å². The van der Waals surface area contributed by atoms with Gasteiger partial charge in [-0.05, 0) is 28.1 Å². The number of aliphatic hydroxyl groups is 1. The summed E-state index contributed by atoms with van der Waals surface area (Å²) in [5, 5.41) is 16.8. The van der Waals surface area contributed by atoms with E-state index in [1.54, 1.807) is 16.8 Å². The smallest absolute Gasteiger partial charge is 0.169 e. The largest absolute Gasteiger partial charge is 0.448 e. The number of rotatable bonds is 4. The Hall–Kier alpha value is -1.18. The summed E-state index contributed by atoms with van der Waals surface area (Å²) in [6, 6.07) is 3.59. The van der Waals surface area contributed by atoms with Crippen LogP contribution in [0.25, 0.3) is 11.5 Å². The highest BCUT2D eigenvalue weighted by Crippen LogP contribution is 2.26. The lowest BCUT2D eigenvalue weighted by atomic mass is 10.2. The number of nitrogens with zero attached hydrogens (tertiary/aromatic N) is 3. The second kappa shape index (κ2) is 4.77. The summed E-state index contributed by atoms with van der Waals surface area (Å²) in [6.45, 7) is 0.627. The molecule has 2 aromatic heterocycles. The van der Waals surface area contributed by atoms with Gasteiger partial charge in [-0.1, -0.05) is 5.21 Å². The van der Waals surface area contributed by atoms with Crippen molar-refractivity contribution in [3.05, 3.63) is 22.5 Å². The first-order valence-electron chi connectivity index (χ1n) is 4.75. The first-order valence-corrected chi connectivity index (χ1v) is 5.54. The van der Waals surface area contributed by atoms with Crippen molar-refractivity contribution in [3.8, 4) is 11.5 Å². The standard InChI is InChI=1S/C9H11BrN4O2/c10-8-2-1-7(16-8)9-6(5-11)12-13-14(9)3-4-15/h1-2,15H,3-5,11H2. The molecular weight excluding hydrogens is 276 g/mol. The van der Waals surface area contributed by atoms with Crippen LogP contribution in [0.2, 0.25) is 0 Å². The summed E-state index contributed by atoms with van der Waals surface area (Å²) in [7, 11) is 0. The van der Waals surface area contributed by atoms with Crippen LogP contribution in [0.5, 0.6) is 0 Å². The number of nitrogens with two attached hydrogens (primary N) is 1. The van der Waals surface area contributed by atoms with Crippen molar-refractivity contribution >= 4 is 15.9 Å². The molecule has 6 nitrogen and oxygen atoms in total. The van der Waals surface area contributed by atoms with Gasteiger partial charge in [0.05, 0.1) is 13.2 Å². The molecule has 2 rings (SSSR count). The Morgan fingerprint density at radius 3 is 2.88 bits per heavy atom. The highest BCUT2D eigenvalue weighted by molar-refractivity contribution is 9.10. The van der Waals surface area contributed by atoms with Crippen molar-refractivity contribution in [2.24, 2.45) is 5.73 Å². The SMILES string of the molecule is NCc1nnn(CCO)c1-c1ccc(Br)o1. The Bertz CT molecular complexity index is 480. The van der Waals surface area contributed by atoms with E-state index in [1.807, 2.05) is 0 Å². The van der Waals surface area contributed by atoms with E-state index in [9.17, 15) is 0 Å². The lowest BCUT2D eigenvalue weighted by Crippen LogP contribution is -2.06. The number of aromatic nitrogens is 3. The minimum Gasteiger partial charge on any atom is -0.448 e. The molecule has 0 aliphatic rings. The molecule has 2 aromatic rings. The first-order chi connectivity index (χ1) is 7.76. The van der Waals surface area contributed by atoms with Crippen LogP contribution in [0.1, 0.15) is 5.69 Å². The summed E-state index contributed by atoms with van der Waals surface area (Å²) >= 11 is 3.23. The van der Waals surface area contributed by atoms with Gasteiger partial charge in [-0.15, -0.1) is 5.10 Å². The van der Waals surface area contributed by atoms with Crippen LogP contribution in [0.15, 0.2) is 21.2 Å². The van der Waals surface area contributed by atoms with Crippen molar-refractivity contribution in [2.45, 2.75) is 13.1 Å². The molecule has 0 aliphatic heterocycles. The normalized spacial score (nSPS) is 10.9. The van der Waals surface area contributed by atoms with Gasteiger partial charge in [-0.3, -0.25) is 0 Å². The van der Waals surface area contributed by atoms with Gasteiger partial charge in [0.25, 0.3) is 0 Å². The summed E-state index contributed by atoms with van der Waals surface area (Å²) in [6.07, 6.45) is 0. The maximum Gasteiger partial charge on any atom is 0.169 e. The molecule has 7 heteroatoms. The van der Waals surface area contributed by atoms with Crippen LogP contribution >= 0.6 is 15.9 Å². The number of halogens is 1. The number of hydrogen-bond acceptors (Lipinski definition) is 5. The molecule has 0 aliphatic carbocycles. The van der Waals surface area contributed by atoms with Crippen LogP contribution < -0.4 is 5.73 Å². The fourth-order valence-corrected chi connectivity index (χ4v) is 1.76. The maximum atomic E-state index is 8.92. The van der Waals surface area contributed by atoms with Gasteiger partial charge < -0.3 is 15.3 Å². The van der Waals surface area contributed by atoms with E-state index in [4.69, 9.17) is 15.3 Å². The average molecular weight is 287 g/mol. The Kier molecular flexibility index (Phi) is 3.37. The molecule has 3 N–H and O–H groups in total. The zero-order valence-corrected chi connectivity index (χ0v) is 10.0. The molecule has 16 heavy (non-hydrogen) atoms. The van der Waals surface area contributed by atoms with E-state index in [0.717, 1.165) is 0 Å². The second-order valence-electron chi connectivity index (χ2n) is 3.14. The van der Waals surface area contributed by atoms with Crippen molar-refractivity contribution in [3.63, 3.8) is 0 Å². The monoisotopic (exact) mass is 286 g/mol. The third kappa shape index (κ3) is 2.01. The fraction of sp³-hybridized carbons (Fsp3) is 0.333. The molecule has 0 saturated heterocycles. The fourth-order valence-electron chi connectivity index (χ4n) is 1.45. The Balaban J connectivity index is 2.47.